The van der Waals surface area contributed by atoms with Gasteiger partial charge in [0.15, 0.2) is 6.79 Å². The van der Waals surface area contributed by atoms with Crippen LogP contribution in [0.1, 0.15) is 5.56 Å². The second-order valence-corrected chi connectivity index (χ2v) is 3.62. The Morgan fingerprint density at radius 1 is 1.19 bits per heavy atom. The van der Waals surface area contributed by atoms with E-state index in [0.717, 1.165) is 16.3 Å². The Kier molecular flexibility index (Phi) is 2.97. The molecule has 0 radical (unpaired) electrons. The predicted molar refractivity (Wildman–Crippen MR) is 62.9 cm³/mol. The first-order valence-electron chi connectivity index (χ1n) is 5.07. The van der Waals surface area contributed by atoms with E-state index in [9.17, 15) is 5.11 Å². The molecule has 0 amide bonds. The zero-order valence-electron chi connectivity index (χ0n) is 9.36. The van der Waals surface area contributed by atoms with E-state index in [0.29, 0.717) is 5.75 Å². The van der Waals surface area contributed by atoms with Crippen molar-refractivity contribution in [1.82, 2.24) is 0 Å². The minimum absolute atomic E-state index is 0.179. The molecule has 2 rings (SSSR count). The van der Waals surface area contributed by atoms with Crippen molar-refractivity contribution in [3.05, 3.63) is 35.9 Å². The van der Waals surface area contributed by atoms with E-state index in [-0.39, 0.29) is 12.5 Å². The number of phenolic OH excluding ortho intramolecular Hbond substituents is 1. The van der Waals surface area contributed by atoms with Crippen molar-refractivity contribution in [2.75, 3.05) is 13.9 Å². The van der Waals surface area contributed by atoms with Crippen LogP contribution >= 0.6 is 0 Å². The largest absolute Gasteiger partial charge is 0.507 e. The third-order valence-electron chi connectivity index (χ3n) is 2.58. The summed E-state index contributed by atoms with van der Waals surface area (Å²) in [6, 6.07) is 9.31. The molecule has 2 aromatic rings. The molecule has 0 saturated carbocycles. The van der Waals surface area contributed by atoms with E-state index in [1.165, 1.54) is 0 Å². The van der Waals surface area contributed by atoms with Gasteiger partial charge in [0.2, 0.25) is 0 Å². The molecule has 3 nitrogen and oxygen atoms in total. The van der Waals surface area contributed by atoms with Crippen molar-refractivity contribution in [2.24, 2.45) is 0 Å². The summed E-state index contributed by atoms with van der Waals surface area (Å²) in [5.74, 6) is 0.880. The van der Waals surface area contributed by atoms with Crippen molar-refractivity contribution in [1.29, 1.82) is 0 Å². The maximum absolute atomic E-state index is 9.86. The van der Waals surface area contributed by atoms with Crippen LogP contribution in [0.4, 0.5) is 0 Å². The van der Waals surface area contributed by atoms with Crippen LogP contribution in [0.25, 0.3) is 10.8 Å². The van der Waals surface area contributed by atoms with Crippen LogP contribution in [0.15, 0.2) is 30.3 Å². The van der Waals surface area contributed by atoms with Crippen LogP contribution in [-0.2, 0) is 4.74 Å². The van der Waals surface area contributed by atoms with Gasteiger partial charge in [-0.3, -0.25) is 0 Å². The molecular weight excluding hydrogens is 204 g/mol. The second-order valence-electron chi connectivity index (χ2n) is 3.62. The molecule has 0 spiro atoms. The van der Waals surface area contributed by atoms with Gasteiger partial charge in [0.05, 0.1) is 0 Å². The summed E-state index contributed by atoms with van der Waals surface area (Å²) in [5.41, 5.74) is 1.01. The normalized spacial score (nSPS) is 10.6. The highest BCUT2D eigenvalue weighted by Crippen LogP contribution is 2.34. The Bertz CT molecular complexity index is 506. The van der Waals surface area contributed by atoms with Gasteiger partial charge in [-0.05, 0) is 17.9 Å². The molecule has 3 heteroatoms. The first kappa shape index (κ1) is 10.8. The van der Waals surface area contributed by atoms with Gasteiger partial charge in [0.25, 0.3) is 0 Å². The molecule has 0 saturated heterocycles. The number of hydrogen-bond acceptors (Lipinski definition) is 3. The summed E-state index contributed by atoms with van der Waals surface area (Å²) in [5, 5.41) is 11.7. The lowest BCUT2D eigenvalue weighted by molar-refractivity contribution is 0.0506. The van der Waals surface area contributed by atoms with Gasteiger partial charge < -0.3 is 14.6 Å². The highest BCUT2D eigenvalue weighted by atomic mass is 16.7. The summed E-state index contributed by atoms with van der Waals surface area (Å²) < 4.78 is 10.2. The van der Waals surface area contributed by atoms with Crippen molar-refractivity contribution >= 4 is 10.8 Å². The number of benzene rings is 2. The van der Waals surface area contributed by atoms with Crippen LogP contribution in [0.3, 0.4) is 0 Å². The van der Waals surface area contributed by atoms with Gasteiger partial charge in [0.1, 0.15) is 11.5 Å². The second kappa shape index (κ2) is 4.41. The highest BCUT2D eigenvalue weighted by Gasteiger charge is 2.08. The topological polar surface area (TPSA) is 38.7 Å². The summed E-state index contributed by atoms with van der Waals surface area (Å²) >= 11 is 0. The van der Waals surface area contributed by atoms with E-state index in [2.05, 4.69) is 0 Å². The molecule has 0 fully saturated rings. The van der Waals surface area contributed by atoms with E-state index >= 15 is 0 Å². The first-order valence-corrected chi connectivity index (χ1v) is 5.07. The number of rotatable bonds is 3. The van der Waals surface area contributed by atoms with Crippen LogP contribution < -0.4 is 4.74 Å². The fourth-order valence-corrected chi connectivity index (χ4v) is 1.75. The average Bonchev–Trinajstić information content (AvgIpc) is 2.32. The molecule has 0 aliphatic carbocycles. The zero-order chi connectivity index (χ0) is 11.5. The molecule has 84 valence electrons. The average molecular weight is 218 g/mol. The van der Waals surface area contributed by atoms with Crippen LogP contribution in [0.5, 0.6) is 11.5 Å². The summed E-state index contributed by atoms with van der Waals surface area (Å²) in [6.45, 7) is 2.14. The summed E-state index contributed by atoms with van der Waals surface area (Å²) in [6.07, 6.45) is 0. The molecule has 0 unspecified atom stereocenters. The fourth-order valence-electron chi connectivity index (χ4n) is 1.75. The van der Waals surface area contributed by atoms with Crippen LogP contribution in [0, 0.1) is 6.92 Å². The smallest absolute Gasteiger partial charge is 0.188 e. The lowest BCUT2D eigenvalue weighted by Gasteiger charge is -2.11. The van der Waals surface area contributed by atoms with Gasteiger partial charge >= 0.3 is 0 Å². The van der Waals surface area contributed by atoms with Gasteiger partial charge in [-0.25, -0.2) is 0 Å². The lowest BCUT2D eigenvalue weighted by atomic mass is 10.0. The highest BCUT2D eigenvalue weighted by molar-refractivity contribution is 5.92. The minimum Gasteiger partial charge on any atom is -0.507 e. The van der Waals surface area contributed by atoms with Crippen molar-refractivity contribution in [3.63, 3.8) is 0 Å². The maximum Gasteiger partial charge on any atom is 0.188 e. The molecule has 0 aromatic heterocycles. The summed E-state index contributed by atoms with van der Waals surface area (Å²) in [4.78, 5) is 0. The molecule has 0 atom stereocenters. The number of aryl methyl sites for hydroxylation is 1. The van der Waals surface area contributed by atoms with Crippen molar-refractivity contribution < 1.29 is 14.6 Å². The SMILES string of the molecule is COCOc1cc(O)c2ccccc2c1C. The molecule has 0 bridgehead atoms. The molecule has 1 N–H and O–H groups in total. The first-order chi connectivity index (χ1) is 7.74. The third kappa shape index (κ3) is 1.82. The molecule has 0 heterocycles. The van der Waals surface area contributed by atoms with E-state index in [4.69, 9.17) is 9.47 Å². The Hall–Kier alpha value is -1.74. The fraction of sp³-hybridized carbons (Fsp3) is 0.231. The van der Waals surface area contributed by atoms with Gasteiger partial charge in [-0.15, -0.1) is 0 Å². The molecule has 0 aliphatic rings. The number of hydrogen-bond donors (Lipinski definition) is 1. The third-order valence-corrected chi connectivity index (χ3v) is 2.58. The van der Waals surface area contributed by atoms with E-state index in [1.54, 1.807) is 13.2 Å². The van der Waals surface area contributed by atoms with Crippen molar-refractivity contribution in [3.8, 4) is 11.5 Å². The van der Waals surface area contributed by atoms with Gasteiger partial charge in [0, 0.05) is 18.6 Å². The van der Waals surface area contributed by atoms with E-state index < -0.39 is 0 Å². The monoisotopic (exact) mass is 218 g/mol. The molecule has 2 aromatic carbocycles. The number of aromatic hydroxyl groups is 1. The standard InChI is InChI=1S/C13H14O3/c1-9-10-5-3-4-6-11(10)12(14)7-13(9)16-8-15-2/h3-7,14H,8H2,1-2H3. The van der Waals surface area contributed by atoms with Crippen molar-refractivity contribution in [2.45, 2.75) is 6.92 Å². The molecule has 0 aliphatic heterocycles. The van der Waals surface area contributed by atoms with E-state index in [1.807, 2.05) is 31.2 Å². The number of fused-ring (bicyclic) bond motifs is 1. The predicted octanol–water partition coefficient (Wildman–Crippen LogP) is 2.84. The number of methoxy groups -OCH3 is 1. The Balaban J connectivity index is 2.56. The number of ether oxygens (including phenoxy) is 2. The Labute approximate surface area is 94.2 Å². The lowest BCUT2D eigenvalue weighted by Crippen LogP contribution is -2.00. The van der Waals surface area contributed by atoms with Crippen LogP contribution in [0.2, 0.25) is 0 Å². The molecular formula is C13H14O3. The van der Waals surface area contributed by atoms with Crippen LogP contribution in [-0.4, -0.2) is 19.0 Å². The Morgan fingerprint density at radius 2 is 1.88 bits per heavy atom. The molecule has 16 heavy (non-hydrogen) atoms. The van der Waals surface area contributed by atoms with Gasteiger partial charge in [-0.1, -0.05) is 24.3 Å². The minimum atomic E-state index is 0.179. The van der Waals surface area contributed by atoms with Gasteiger partial charge in [-0.2, -0.15) is 0 Å². The zero-order valence-corrected chi connectivity index (χ0v) is 9.36. The quantitative estimate of drug-likeness (QED) is 0.805. The Morgan fingerprint density at radius 3 is 2.56 bits per heavy atom. The maximum atomic E-state index is 9.86. The number of phenols is 1. The summed E-state index contributed by atoms with van der Waals surface area (Å²) in [7, 11) is 1.57.